The van der Waals surface area contributed by atoms with E-state index in [4.69, 9.17) is 0 Å². The molecule has 0 aromatic rings. The summed E-state index contributed by atoms with van der Waals surface area (Å²) in [5, 5.41) is 11.1. The van der Waals surface area contributed by atoms with Crippen molar-refractivity contribution in [3.05, 3.63) is 0 Å². The van der Waals surface area contributed by atoms with E-state index in [9.17, 15) is 36.2 Å². The lowest BCUT2D eigenvalue weighted by atomic mass is 9.87. The van der Waals surface area contributed by atoms with Crippen molar-refractivity contribution in [1.82, 2.24) is 0 Å². The predicted molar refractivity (Wildman–Crippen MR) is 59.4 cm³/mol. The molecule has 0 saturated heterocycles. The minimum absolute atomic E-state index is 0.143. The van der Waals surface area contributed by atoms with E-state index >= 15 is 0 Å². The van der Waals surface area contributed by atoms with Crippen LogP contribution in [-0.4, -0.2) is 30.5 Å². The van der Waals surface area contributed by atoms with Crippen LogP contribution in [0, 0.1) is 17.8 Å². The van der Waals surface area contributed by atoms with Gasteiger partial charge in [0.05, 0.1) is 6.61 Å². The lowest BCUT2D eigenvalue weighted by Gasteiger charge is -2.40. The number of hydrogen-bond acceptors (Lipinski definition) is 3. The summed E-state index contributed by atoms with van der Waals surface area (Å²) >= 11 is 0. The Morgan fingerprint density at radius 2 is 1.64 bits per heavy atom. The highest BCUT2D eigenvalue weighted by Crippen LogP contribution is 2.49. The number of carbonyl (C=O) groups is 1. The largest absolute Gasteiger partial charge is 0.828 e. The fraction of sp³-hybridized carbons (Fsp3) is 0.923. The van der Waals surface area contributed by atoms with Gasteiger partial charge in [-0.05, 0) is 43.4 Å². The number of carbonyl (C=O) groups excluding carboxylic acids is 1. The van der Waals surface area contributed by atoms with Gasteiger partial charge < -0.3 is 9.84 Å². The van der Waals surface area contributed by atoms with Gasteiger partial charge in [0.15, 0.2) is 5.60 Å². The monoisotopic (exact) mass is 333 g/mol. The fourth-order valence-corrected chi connectivity index (χ4v) is 3.53. The first-order valence-corrected chi connectivity index (χ1v) is 6.98. The highest BCUT2D eigenvalue weighted by molar-refractivity contribution is 5.81. The molecule has 0 aromatic heterocycles. The first-order chi connectivity index (χ1) is 9.97. The van der Waals surface area contributed by atoms with Crippen molar-refractivity contribution < 1.29 is 41.0 Å². The molecule has 0 aromatic carbocycles. The number of rotatable bonds is 4. The van der Waals surface area contributed by atoms with Crippen molar-refractivity contribution >= 4 is 5.97 Å². The van der Waals surface area contributed by atoms with Gasteiger partial charge in [-0.15, -0.1) is 0 Å². The standard InChI is InChI=1S/C13H15F6O3/c14-12(15,16)11(21,13(17,18)19)10(20)22-4-3-9-6-7-1-2-8(9)5-7/h7-9H,1-6H2/q-1. The molecule has 2 aliphatic rings. The van der Waals surface area contributed by atoms with E-state index in [-0.39, 0.29) is 12.3 Å². The summed E-state index contributed by atoms with van der Waals surface area (Å²) in [5.41, 5.74) is -5.73. The molecule has 2 bridgehead atoms. The Balaban J connectivity index is 1.92. The first kappa shape index (κ1) is 17.4. The van der Waals surface area contributed by atoms with E-state index in [1.807, 2.05) is 0 Å². The molecule has 0 radical (unpaired) electrons. The Labute approximate surface area is 122 Å². The molecule has 3 unspecified atom stereocenters. The van der Waals surface area contributed by atoms with Crippen molar-refractivity contribution in [2.45, 2.75) is 50.1 Å². The molecule has 0 spiro atoms. The molecule has 2 saturated carbocycles. The maximum atomic E-state index is 12.4. The van der Waals surface area contributed by atoms with Crippen molar-refractivity contribution in [1.29, 1.82) is 0 Å². The first-order valence-electron chi connectivity index (χ1n) is 6.98. The smallest absolute Gasteiger partial charge is 0.399 e. The van der Waals surface area contributed by atoms with Crippen LogP contribution in [0.25, 0.3) is 0 Å². The van der Waals surface area contributed by atoms with Crippen molar-refractivity contribution in [2.75, 3.05) is 6.61 Å². The van der Waals surface area contributed by atoms with Crippen LogP contribution in [0.15, 0.2) is 0 Å². The Kier molecular flexibility index (Phi) is 4.40. The second kappa shape index (κ2) is 5.58. The summed E-state index contributed by atoms with van der Waals surface area (Å²) in [6.07, 6.45) is -8.46. The third-order valence-corrected chi connectivity index (χ3v) is 4.69. The van der Waals surface area contributed by atoms with Crippen LogP contribution in [0.2, 0.25) is 0 Å². The number of esters is 1. The molecule has 3 atom stereocenters. The second-order valence-electron chi connectivity index (χ2n) is 6.04. The second-order valence-corrected chi connectivity index (χ2v) is 6.04. The summed E-state index contributed by atoms with van der Waals surface area (Å²) < 4.78 is 78.2. The van der Waals surface area contributed by atoms with E-state index in [2.05, 4.69) is 4.74 Å². The van der Waals surface area contributed by atoms with Crippen LogP contribution in [0.4, 0.5) is 26.3 Å². The maximum absolute atomic E-state index is 12.4. The highest BCUT2D eigenvalue weighted by atomic mass is 19.4. The van der Waals surface area contributed by atoms with Gasteiger partial charge in [-0.1, -0.05) is 6.42 Å². The molecule has 3 nitrogen and oxygen atoms in total. The summed E-state index contributed by atoms with van der Waals surface area (Å²) in [5.74, 6) is -1.74. The van der Waals surface area contributed by atoms with E-state index < -0.39 is 30.5 Å². The van der Waals surface area contributed by atoms with Crippen LogP contribution in [0.1, 0.15) is 32.1 Å². The molecule has 128 valence electrons. The van der Waals surface area contributed by atoms with E-state index in [1.54, 1.807) is 0 Å². The average molecular weight is 333 g/mol. The van der Waals surface area contributed by atoms with Gasteiger partial charge in [0.1, 0.15) is 0 Å². The normalized spacial score (nSPS) is 29.0. The maximum Gasteiger partial charge on any atom is 0.399 e. The molecule has 0 heterocycles. The van der Waals surface area contributed by atoms with E-state index in [0.717, 1.165) is 25.7 Å². The number of alkyl halides is 6. The minimum atomic E-state index is -6.30. The Morgan fingerprint density at radius 3 is 2.05 bits per heavy atom. The average Bonchev–Trinajstić information content (AvgIpc) is 2.97. The molecular weight excluding hydrogens is 318 g/mol. The SMILES string of the molecule is O=C(OCCC1CC2CCC1C2)C([O-])(C(F)(F)F)C(F)(F)F. The third-order valence-electron chi connectivity index (χ3n) is 4.69. The molecule has 0 N–H and O–H groups in total. The molecule has 22 heavy (non-hydrogen) atoms. The summed E-state index contributed by atoms with van der Waals surface area (Å²) in [6, 6.07) is 0. The Hall–Kier alpha value is -0.990. The van der Waals surface area contributed by atoms with Gasteiger partial charge in [-0.3, -0.25) is 4.79 Å². The topological polar surface area (TPSA) is 49.4 Å². The zero-order valence-electron chi connectivity index (χ0n) is 11.5. The minimum Gasteiger partial charge on any atom is -0.828 e. The lowest BCUT2D eigenvalue weighted by molar-refractivity contribution is -0.574. The fourth-order valence-electron chi connectivity index (χ4n) is 3.53. The highest BCUT2D eigenvalue weighted by Gasteiger charge is 2.68. The van der Waals surface area contributed by atoms with Crippen molar-refractivity contribution in [3.63, 3.8) is 0 Å². The van der Waals surface area contributed by atoms with Gasteiger partial charge in [-0.2, -0.15) is 26.3 Å². The molecule has 9 heteroatoms. The molecule has 2 rings (SSSR count). The van der Waals surface area contributed by atoms with Crippen LogP contribution >= 0.6 is 0 Å². The van der Waals surface area contributed by atoms with Gasteiger partial charge >= 0.3 is 18.3 Å². The molecular formula is C13H15F6O3-. The Bertz CT molecular complexity index is 416. The quantitative estimate of drug-likeness (QED) is 0.587. The molecule has 2 aliphatic carbocycles. The van der Waals surface area contributed by atoms with Crippen LogP contribution in [-0.2, 0) is 9.53 Å². The van der Waals surface area contributed by atoms with Gasteiger partial charge in [0.2, 0.25) is 0 Å². The lowest BCUT2D eigenvalue weighted by Crippen LogP contribution is -2.71. The van der Waals surface area contributed by atoms with Crippen LogP contribution < -0.4 is 5.11 Å². The van der Waals surface area contributed by atoms with Crippen LogP contribution in [0.3, 0.4) is 0 Å². The Morgan fingerprint density at radius 1 is 1.05 bits per heavy atom. The number of fused-ring (bicyclic) bond motifs is 2. The third kappa shape index (κ3) is 2.91. The van der Waals surface area contributed by atoms with Gasteiger partial charge in [0.25, 0.3) is 0 Å². The predicted octanol–water partition coefficient (Wildman–Crippen LogP) is 2.58. The van der Waals surface area contributed by atoms with Crippen molar-refractivity contribution in [3.8, 4) is 0 Å². The zero-order chi connectivity index (χ0) is 16.8. The van der Waals surface area contributed by atoms with Gasteiger partial charge in [0, 0.05) is 0 Å². The summed E-state index contributed by atoms with van der Waals surface area (Å²) in [6.45, 7) is -0.594. The molecule has 0 aliphatic heterocycles. The molecule has 0 amide bonds. The number of hydrogen-bond donors (Lipinski definition) is 0. The zero-order valence-corrected chi connectivity index (χ0v) is 11.5. The number of ether oxygens (including phenoxy) is 1. The van der Waals surface area contributed by atoms with Crippen molar-refractivity contribution in [2.24, 2.45) is 17.8 Å². The van der Waals surface area contributed by atoms with E-state index in [0.29, 0.717) is 11.8 Å². The van der Waals surface area contributed by atoms with Crippen LogP contribution in [0.5, 0.6) is 0 Å². The number of halogens is 6. The van der Waals surface area contributed by atoms with E-state index in [1.165, 1.54) is 0 Å². The molecule has 2 fully saturated rings. The van der Waals surface area contributed by atoms with Gasteiger partial charge in [-0.25, -0.2) is 0 Å². The summed E-state index contributed by atoms with van der Waals surface area (Å²) in [7, 11) is 0. The summed E-state index contributed by atoms with van der Waals surface area (Å²) in [4.78, 5) is 11.1.